The van der Waals surface area contributed by atoms with E-state index < -0.39 is 24.4 Å². The second-order valence-corrected chi connectivity index (χ2v) is 10.0. The van der Waals surface area contributed by atoms with Gasteiger partial charge < -0.3 is 39.4 Å². The summed E-state index contributed by atoms with van der Waals surface area (Å²) in [6.07, 6.45) is -4.54. The first-order valence-corrected chi connectivity index (χ1v) is 13.9. The second-order valence-electron chi connectivity index (χ2n) is 10.0. The minimum atomic E-state index is -1.37. The zero-order valence-corrected chi connectivity index (χ0v) is 23.4. The smallest absolute Gasteiger partial charge is 0.115 e. The molecule has 0 spiro atoms. The van der Waals surface area contributed by atoms with Gasteiger partial charge in [0.05, 0.1) is 39.6 Å². The van der Waals surface area contributed by atoms with Crippen molar-refractivity contribution < 1.29 is 39.4 Å². The quantitative estimate of drug-likeness (QED) is 0.143. The van der Waals surface area contributed by atoms with E-state index in [1.807, 2.05) is 60.7 Å². The molecule has 0 amide bonds. The number of hydrogen-bond acceptors (Lipinski definition) is 8. The summed E-state index contributed by atoms with van der Waals surface area (Å²) in [5.74, 6) is 0.280. The fourth-order valence-electron chi connectivity index (χ4n) is 4.26. The lowest BCUT2D eigenvalue weighted by molar-refractivity contribution is -0.170. The summed E-state index contributed by atoms with van der Waals surface area (Å²) in [4.78, 5) is 0. The van der Waals surface area contributed by atoms with Crippen LogP contribution in [0.1, 0.15) is 22.3 Å². The van der Waals surface area contributed by atoms with E-state index in [-0.39, 0.29) is 37.9 Å². The Morgan fingerprint density at radius 3 is 1.12 bits per heavy atom. The van der Waals surface area contributed by atoms with Crippen molar-refractivity contribution in [1.82, 2.24) is 0 Å². The maximum Gasteiger partial charge on any atom is 0.115 e. The molecule has 0 fully saturated rings. The van der Waals surface area contributed by atoms with Crippen molar-refractivity contribution in [2.75, 3.05) is 13.2 Å². The zero-order valence-electron chi connectivity index (χ0n) is 23.4. The zero-order chi connectivity index (χ0) is 29.6. The highest BCUT2D eigenvalue weighted by Gasteiger charge is 2.34. The van der Waals surface area contributed by atoms with E-state index in [0.29, 0.717) is 13.2 Å². The molecule has 4 rings (SSSR count). The molecule has 0 heterocycles. The van der Waals surface area contributed by atoms with Gasteiger partial charge in [-0.25, -0.2) is 0 Å². The van der Waals surface area contributed by atoms with Gasteiger partial charge in [0.25, 0.3) is 0 Å². The van der Waals surface area contributed by atoms with E-state index in [1.165, 1.54) is 0 Å². The Hall–Kier alpha value is -3.76. The molecule has 0 bridgehead atoms. The number of rotatable bonds is 17. The van der Waals surface area contributed by atoms with Crippen molar-refractivity contribution in [3.63, 3.8) is 0 Å². The fraction of sp³-hybridized carbons (Fsp3) is 0.294. The number of aromatic hydroxyl groups is 2. The molecular formula is C34H38O8. The van der Waals surface area contributed by atoms with E-state index in [9.17, 15) is 20.4 Å². The molecule has 4 atom stereocenters. The fourth-order valence-corrected chi connectivity index (χ4v) is 4.26. The van der Waals surface area contributed by atoms with Crippen LogP contribution in [-0.4, -0.2) is 58.1 Å². The molecule has 4 N–H and O–H groups in total. The Morgan fingerprint density at radius 2 is 0.762 bits per heavy atom. The normalized spacial score (nSPS) is 14.2. The van der Waals surface area contributed by atoms with Gasteiger partial charge in [-0.2, -0.15) is 0 Å². The van der Waals surface area contributed by atoms with Crippen LogP contribution in [0.4, 0.5) is 0 Å². The third-order valence-corrected chi connectivity index (χ3v) is 6.70. The van der Waals surface area contributed by atoms with Crippen LogP contribution in [0.2, 0.25) is 0 Å². The molecule has 0 saturated carbocycles. The SMILES string of the molecule is Oc1ccc(CO[C@H](COCc2ccccc2)[C@@H](O)[C@H](O)[C@@H](COCc2ccccc2)OCc2ccc(O)cc2)cc1. The third-order valence-electron chi connectivity index (χ3n) is 6.70. The average Bonchev–Trinajstić information content (AvgIpc) is 3.02. The van der Waals surface area contributed by atoms with Gasteiger partial charge in [0.15, 0.2) is 0 Å². The lowest BCUT2D eigenvalue weighted by atomic mass is 10.0. The number of phenolic OH excluding ortho intramolecular Hbond substituents is 2. The van der Waals surface area contributed by atoms with Gasteiger partial charge in [0, 0.05) is 0 Å². The van der Waals surface area contributed by atoms with Crippen LogP contribution in [0.5, 0.6) is 11.5 Å². The molecule has 8 nitrogen and oxygen atoms in total. The van der Waals surface area contributed by atoms with Crippen LogP contribution >= 0.6 is 0 Å². The maximum atomic E-state index is 11.4. The predicted molar refractivity (Wildman–Crippen MR) is 158 cm³/mol. The highest BCUT2D eigenvalue weighted by molar-refractivity contribution is 5.26. The number of phenols is 2. The predicted octanol–water partition coefficient (Wildman–Crippen LogP) is 4.72. The molecule has 0 saturated heterocycles. The van der Waals surface area contributed by atoms with Gasteiger partial charge in [-0.05, 0) is 46.5 Å². The minimum absolute atomic E-state index is 0.0146. The molecule has 42 heavy (non-hydrogen) atoms. The Morgan fingerprint density at radius 1 is 0.429 bits per heavy atom. The highest BCUT2D eigenvalue weighted by Crippen LogP contribution is 2.19. The Balaban J connectivity index is 1.44. The van der Waals surface area contributed by atoms with Crippen LogP contribution in [0.3, 0.4) is 0 Å². The molecule has 0 aliphatic heterocycles. The molecule has 222 valence electrons. The molecule has 4 aromatic carbocycles. The number of aliphatic hydroxyl groups excluding tert-OH is 2. The van der Waals surface area contributed by atoms with Gasteiger partial charge in [-0.15, -0.1) is 0 Å². The Kier molecular flexibility index (Phi) is 12.3. The summed E-state index contributed by atoms with van der Waals surface area (Å²) in [6.45, 7) is 0.912. The minimum Gasteiger partial charge on any atom is -0.508 e. The van der Waals surface area contributed by atoms with E-state index in [2.05, 4.69) is 0 Å². The van der Waals surface area contributed by atoms with Crippen LogP contribution < -0.4 is 0 Å². The Labute approximate surface area is 246 Å². The highest BCUT2D eigenvalue weighted by atomic mass is 16.6. The monoisotopic (exact) mass is 574 g/mol. The van der Waals surface area contributed by atoms with Crippen molar-refractivity contribution >= 4 is 0 Å². The van der Waals surface area contributed by atoms with Crippen LogP contribution in [0, 0.1) is 0 Å². The third kappa shape index (κ3) is 10.3. The maximum absolute atomic E-state index is 11.4. The molecule has 0 radical (unpaired) electrons. The molecule has 0 aromatic heterocycles. The topological polar surface area (TPSA) is 118 Å². The van der Waals surface area contributed by atoms with Crippen molar-refractivity contribution in [3.8, 4) is 11.5 Å². The van der Waals surface area contributed by atoms with E-state index in [1.54, 1.807) is 48.5 Å². The molecule has 4 aromatic rings. The van der Waals surface area contributed by atoms with Gasteiger partial charge in [-0.1, -0.05) is 84.9 Å². The van der Waals surface area contributed by atoms with Gasteiger partial charge in [0.2, 0.25) is 0 Å². The molecule has 0 unspecified atom stereocenters. The van der Waals surface area contributed by atoms with Crippen molar-refractivity contribution in [2.45, 2.75) is 50.8 Å². The van der Waals surface area contributed by atoms with Crippen LogP contribution in [0.15, 0.2) is 109 Å². The summed E-state index contributed by atoms with van der Waals surface area (Å²) < 4.78 is 23.9. The second kappa shape index (κ2) is 16.6. The lowest BCUT2D eigenvalue weighted by Crippen LogP contribution is -2.49. The molecule has 0 aliphatic carbocycles. The van der Waals surface area contributed by atoms with Gasteiger partial charge in [0.1, 0.15) is 35.9 Å². The van der Waals surface area contributed by atoms with Gasteiger partial charge >= 0.3 is 0 Å². The summed E-state index contributed by atoms with van der Waals surface area (Å²) in [5.41, 5.74) is 3.51. The van der Waals surface area contributed by atoms with Gasteiger partial charge in [-0.3, -0.25) is 0 Å². The number of aliphatic hydroxyl groups is 2. The van der Waals surface area contributed by atoms with Crippen LogP contribution in [-0.2, 0) is 45.4 Å². The first-order valence-electron chi connectivity index (χ1n) is 13.9. The first kappa shape index (κ1) is 31.2. The van der Waals surface area contributed by atoms with Crippen LogP contribution in [0.25, 0.3) is 0 Å². The Bertz CT molecular complexity index is 1180. The summed E-state index contributed by atoms with van der Waals surface area (Å²) in [6, 6.07) is 32.4. The molecule has 8 heteroatoms. The molecule has 0 aliphatic rings. The largest absolute Gasteiger partial charge is 0.508 e. The van der Waals surface area contributed by atoms with E-state index in [4.69, 9.17) is 18.9 Å². The first-order chi connectivity index (χ1) is 20.5. The summed E-state index contributed by atoms with van der Waals surface area (Å²) >= 11 is 0. The van der Waals surface area contributed by atoms with Crippen molar-refractivity contribution in [1.29, 1.82) is 0 Å². The standard InChI is InChI=1S/C34H38O8/c35-29-15-11-27(12-16-29)21-41-31(23-39-19-25-7-3-1-4-8-25)33(37)34(38)32(24-40-20-26-9-5-2-6-10-26)42-22-28-13-17-30(36)18-14-28/h1-18,31-38H,19-24H2/t31-,32-,33-,34-/m1/s1. The van der Waals surface area contributed by atoms with Crippen molar-refractivity contribution in [2.24, 2.45) is 0 Å². The lowest BCUT2D eigenvalue weighted by Gasteiger charge is -2.32. The molecular weight excluding hydrogens is 536 g/mol. The van der Waals surface area contributed by atoms with E-state index >= 15 is 0 Å². The summed E-state index contributed by atoms with van der Waals surface area (Å²) in [7, 11) is 0. The van der Waals surface area contributed by atoms with Crippen molar-refractivity contribution in [3.05, 3.63) is 131 Å². The number of benzene rings is 4. The summed E-state index contributed by atoms with van der Waals surface area (Å²) in [5, 5.41) is 41.9. The number of hydrogen-bond donors (Lipinski definition) is 4. The van der Waals surface area contributed by atoms with E-state index in [0.717, 1.165) is 22.3 Å². The average molecular weight is 575 g/mol. The number of ether oxygens (including phenoxy) is 4.